The number of nitrogens with zero attached hydrogens (tertiary/aromatic N) is 4. The Morgan fingerprint density at radius 1 is 1.14 bits per heavy atom. The molecule has 0 bridgehead atoms. The first-order valence-corrected chi connectivity index (χ1v) is 14.0. The van der Waals surface area contributed by atoms with Crippen molar-refractivity contribution in [3.8, 4) is 0 Å². The molecule has 11 nitrogen and oxygen atoms in total. The number of nitro groups is 1. The van der Waals surface area contributed by atoms with Gasteiger partial charge in [-0.2, -0.15) is 0 Å². The molecule has 4 rings (SSSR count). The van der Waals surface area contributed by atoms with Crippen molar-refractivity contribution in [1.29, 1.82) is 0 Å². The summed E-state index contributed by atoms with van der Waals surface area (Å²) in [7, 11) is 1.43. The molecule has 11 heteroatoms. The molecule has 0 aromatic heterocycles. The number of hydrogen-bond donors (Lipinski definition) is 1. The summed E-state index contributed by atoms with van der Waals surface area (Å²) in [6, 6.07) is 15.4. The number of carbonyl (C=O) groups excluding carboxylic acids is 3. The third kappa shape index (κ3) is 6.25. The third-order valence-corrected chi connectivity index (χ3v) is 8.43. The van der Waals surface area contributed by atoms with Gasteiger partial charge in [0.2, 0.25) is 12.8 Å². The first kappa shape index (κ1) is 30.6. The van der Waals surface area contributed by atoms with Crippen LogP contribution in [0.15, 0.2) is 71.0 Å². The molecule has 2 aromatic rings. The van der Waals surface area contributed by atoms with Gasteiger partial charge in [0.15, 0.2) is 0 Å². The van der Waals surface area contributed by atoms with E-state index in [0.29, 0.717) is 62.4 Å². The highest BCUT2D eigenvalue weighted by Gasteiger charge is 2.44. The van der Waals surface area contributed by atoms with Gasteiger partial charge in [-0.25, -0.2) is 0 Å². The Hall–Kier alpha value is -4.38. The van der Waals surface area contributed by atoms with Crippen molar-refractivity contribution in [2.75, 3.05) is 33.3 Å². The number of allylic oxidation sites excluding steroid dienone is 1. The SMILES string of the molecule is COC(=O)C1(c2ccccc2)CCN(CCCN(C=O)C2=C(C)N=C(C)C(NC=O)C2c2ccc([N+](=O)[O-])cc2)CC1. The maximum absolute atomic E-state index is 12.9. The predicted molar refractivity (Wildman–Crippen MR) is 158 cm³/mol. The van der Waals surface area contributed by atoms with Crippen molar-refractivity contribution in [3.63, 3.8) is 0 Å². The lowest BCUT2D eigenvalue weighted by Crippen LogP contribution is -2.48. The zero-order chi connectivity index (χ0) is 30.3. The van der Waals surface area contributed by atoms with Crippen molar-refractivity contribution in [2.45, 2.75) is 50.5 Å². The molecule has 2 atom stereocenters. The van der Waals surface area contributed by atoms with Crippen LogP contribution in [0.5, 0.6) is 0 Å². The van der Waals surface area contributed by atoms with E-state index in [-0.39, 0.29) is 11.7 Å². The maximum atomic E-state index is 12.9. The van der Waals surface area contributed by atoms with E-state index < -0.39 is 22.3 Å². The first-order chi connectivity index (χ1) is 20.2. The highest BCUT2D eigenvalue weighted by Crippen LogP contribution is 2.38. The van der Waals surface area contributed by atoms with Crippen LogP contribution in [0.1, 0.15) is 50.2 Å². The number of piperidine rings is 1. The number of benzene rings is 2. The molecule has 2 unspecified atom stereocenters. The molecule has 0 aliphatic carbocycles. The summed E-state index contributed by atoms with van der Waals surface area (Å²) in [5.74, 6) is -0.674. The zero-order valence-electron chi connectivity index (χ0n) is 24.2. The van der Waals surface area contributed by atoms with Crippen LogP contribution < -0.4 is 5.32 Å². The molecule has 1 saturated heterocycles. The first-order valence-electron chi connectivity index (χ1n) is 14.0. The monoisotopic (exact) mass is 575 g/mol. The van der Waals surface area contributed by atoms with Gasteiger partial charge in [-0.15, -0.1) is 0 Å². The van der Waals surface area contributed by atoms with E-state index in [4.69, 9.17) is 4.74 Å². The number of non-ortho nitro benzene ring substituents is 1. The number of hydrogen-bond acceptors (Lipinski definition) is 8. The molecule has 0 spiro atoms. The fourth-order valence-electron chi connectivity index (χ4n) is 6.26. The van der Waals surface area contributed by atoms with Crippen molar-refractivity contribution in [1.82, 2.24) is 15.1 Å². The van der Waals surface area contributed by atoms with E-state index in [1.165, 1.54) is 19.2 Å². The number of nitrogens with one attached hydrogen (secondary N) is 1. The van der Waals surface area contributed by atoms with Gasteiger partial charge < -0.3 is 19.9 Å². The summed E-state index contributed by atoms with van der Waals surface area (Å²) in [5, 5.41) is 14.0. The van der Waals surface area contributed by atoms with Crippen LogP contribution in [-0.4, -0.2) is 78.6 Å². The molecule has 2 aliphatic rings. The standard InChI is InChI=1S/C31H37N5O6/c1-22-28(32-20-37)27(24-10-12-26(13-11-24)36(40)41)29(23(2)33-22)35(21-38)17-7-16-34-18-14-31(15-19-34,30(39)42-3)25-8-5-4-6-9-25/h4-6,8-13,20-21,27-28H,7,14-19H2,1-3H3,(H,32,37). The predicted octanol–water partition coefficient (Wildman–Crippen LogP) is 3.55. The van der Waals surface area contributed by atoms with E-state index in [2.05, 4.69) is 15.2 Å². The quantitative estimate of drug-likeness (QED) is 0.177. The molecule has 2 amide bonds. The number of likely N-dealkylation sites (tertiary alicyclic amines) is 1. The summed E-state index contributed by atoms with van der Waals surface area (Å²) in [6.45, 7) is 6.21. The van der Waals surface area contributed by atoms with Crippen molar-refractivity contribution in [3.05, 3.63) is 87.2 Å². The van der Waals surface area contributed by atoms with Gasteiger partial charge in [0.1, 0.15) is 0 Å². The van der Waals surface area contributed by atoms with Gasteiger partial charge in [-0.3, -0.25) is 29.5 Å². The van der Waals surface area contributed by atoms with Crippen LogP contribution in [0.2, 0.25) is 0 Å². The summed E-state index contributed by atoms with van der Waals surface area (Å²) in [6.07, 6.45) is 3.33. The van der Waals surface area contributed by atoms with Gasteiger partial charge in [-0.05, 0) is 63.9 Å². The van der Waals surface area contributed by atoms with E-state index in [9.17, 15) is 24.5 Å². The van der Waals surface area contributed by atoms with Gasteiger partial charge in [0.05, 0.1) is 40.8 Å². The molecule has 42 heavy (non-hydrogen) atoms. The lowest BCUT2D eigenvalue weighted by molar-refractivity contribution is -0.384. The number of carbonyl (C=O) groups is 3. The van der Waals surface area contributed by atoms with Crippen molar-refractivity contribution >= 4 is 30.2 Å². The highest BCUT2D eigenvalue weighted by molar-refractivity contribution is 5.92. The molecule has 0 radical (unpaired) electrons. The lowest BCUT2D eigenvalue weighted by Gasteiger charge is -2.40. The highest BCUT2D eigenvalue weighted by atomic mass is 16.6. The van der Waals surface area contributed by atoms with E-state index in [1.807, 2.05) is 44.2 Å². The number of aliphatic imine (C=N–C) groups is 1. The fourth-order valence-corrected chi connectivity index (χ4v) is 6.26. The summed E-state index contributed by atoms with van der Waals surface area (Å²) in [5.41, 5.74) is 2.96. The van der Waals surface area contributed by atoms with Crippen LogP contribution >= 0.6 is 0 Å². The topological polar surface area (TPSA) is 134 Å². The molecule has 2 aliphatic heterocycles. The van der Waals surface area contributed by atoms with Crippen LogP contribution in [0, 0.1) is 10.1 Å². The van der Waals surface area contributed by atoms with Crippen LogP contribution in [0.3, 0.4) is 0 Å². The van der Waals surface area contributed by atoms with E-state index in [1.54, 1.807) is 17.0 Å². The number of rotatable bonds is 12. The average Bonchev–Trinajstić information content (AvgIpc) is 3.01. The number of esters is 1. The van der Waals surface area contributed by atoms with Crippen LogP contribution in [0.25, 0.3) is 0 Å². The molecule has 1 fully saturated rings. The molecule has 2 heterocycles. The third-order valence-electron chi connectivity index (χ3n) is 8.43. The fraction of sp³-hybridized carbons (Fsp3) is 0.419. The second kappa shape index (κ2) is 13.5. The minimum atomic E-state index is -0.667. The van der Waals surface area contributed by atoms with Crippen LogP contribution in [-0.2, 0) is 24.5 Å². The van der Waals surface area contributed by atoms with Gasteiger partial charge in [0, 0.05) is 24.4 Å². The van der Waals surface area contributed by atoms with Gasteiger partial charge in [0.25, 0.3) is 5.69 Å². The Morgan fingerprint density at radius 3 is 2.38 bits per heavy atom. The second-order valence-electron chi connectivity index (χ2n) is 10.7. The molecule has 2 aromatic carbocycles. The van der Waals surface area contributed by atoms with E-state index in [0.717, 1.165) is 24.1 Å². The molecular weight excluding hydrogens is 538 g/mol. The second-order valence-corrected chi connectivity index (χ2v) is 10.7. The molecule has 1 N–H and O–H groups in total. The summed E-state index contributed by atoms with van der Waals surface area (Å²) < 4.78 is 5.21. The molecular formula is C31H37N5O6. The van der Waals surface area contributed by atoms with Crippen molar-refractivity contribution < 1.29 is 24.0 Å². The Morgan fingerprint density at radius 2 is 1.81 bits per heavy atom. The zero-order valence-corrected chi connectivity index (χ0v) is 24.2. The minimum absolute atomic E-state index is 0.0423. The summed E-state index contributed by atoms with van der Waals surface area (Å²) in [4.78, 5) is 56.2. The Bertz CT molecular complexity index is 1350. The Balaban J connectivity index is 1.48. The van der Waals surface area contributed by atoms with Crippen molar-refractivity contribution in [2.24, 2.45) is 4.99 Å². The molecule has 222 valence electrons. The summed E-state index contributed by atoms with van der Waals surface area (Å²) >= 11 is 0. The number of amides is 2. The lowest BCUT2D eigenvalue weighted by atomic mass is 9.72. The van der Waals surface area contributed by atoms with Gasteiger partial charge >= 0.3 is 5.97 Å². The van der Waals surface area contributed by atoms with Gasteiger partial charge in [-0.1, -0.05) is 42.5 Å². The average molecular weight is 576 g/mol. The largest absolute Gasteiger partial charge is 0.468 e. The number of nitro benzene ring substituents is 1. The maximum Gasteiger partial charge on any atom is 0.316 e. The van der Waals surface area contributed by atoms with E-state index >= 15 is 0 Å². The number of methoxy groups -OCH3 is 1. The Kier molecular flexibility index (Phi) is 9.84. The van der Waals surface area contributed by atoms with Crippen LogP contribution in [0.4, 0.5) is 5.69 Å². The minimum Gasteiger partial charge on any atom is -0.468 e. The smallest absolute Gasteiger partial charge is 0.316 e. The number of ether oxygens (including phenoxy) is 1. The Labute approximate surface area is 245 Å². The molecule has 0 saturated carbocycles. The normalized spacial score (nSPS) is 20.3.